The Balaban J connectivity index is 1.70. The van der Waals surface area contributed by atoms with Crippen molar-refractivity contribution in [2.45, 2.75) is 11.4 Å². The van der Waals surface area contributed by atoms with Gasteiger partial charge in [-0.2, -0.15) is 0 Å². The molecule has 36 heavy (non-hydrogen) atoms. The molecule has 0 atom stereocenters. The number of halogens is 2. The fraction of sp³-hybridized carbons (Fsp3) is 0.200. The van der Waals surface area contributed by atoms with Gasteiger partial charge < -0.3 is 14.6 Å². The van der Waals surface area contributed by atoms with Gasteiger partial charge in [0.2, 0.25) is 0 Å². The van der Waals surface area contributed by atoms with Crippen LogP contribution < -0.4 is 9.62 Å². The van der Waals surface area contributed by atoms with Crippen LogP contribution in [0.1, 0.15) is 16.2 Å². The van der Waals surface area contributed by atoms with Crippen LogP contribution in [0.3, 0.4) is 0 Å². The van der Waals surface area contributed by atoms with E-state index in [9.17, 15) is 13.2 Å². The van der Waals surface area contributed by atoms with Crippen molar-refractivity contribution in [2.24, 2.45) is 0 Å². The van der Waals surface area contributed by atoms with Crippen LogP contribution in [0.15, 0.2) is 85.0 Å². The highest BCUT2D eigenvalue weighted by atomic mass is 79.9. The lowest BCUT2D eigenvalue weighted by molar-refractivity contribution is 0.0918. The summed E-state index contributed by atoms with van der Waals surface area (Å²) in [5.74, 6) is -0.500. The number of benzene rings is 3. The third-order valence-electron chi connectivity index (χ3n) is 5.34. The summed E-state index contributed by atoms with van der Waals surface area (Å²) in [5, 5.41) is 2.77. The largest absolute Gasteiger partial charge is 0.432 e. The number of carbonyl (C=O) groups excluding carboxylic acids is 1. The molecule has 11 heteroatoms. The van der Waals surface area contributed by atoms with Gasteiger partial charge in [0.1, 0.15) is 5.52 Å². The molecule has 0 bridgehead atoms. The quantitative estimate of drug-likeness (QED) is 0.277. The summed E-state index contributed by atoms with van der Waals surface area (Å²) in [6.07, 6.45) is 0. The Hall–Kier alpha value is -2.73. The van der Waals surface area contributed by atoms with E-state index in [1.807, 2.05) is 43.3 Å². The second kappa shape index (κ2) is 11.1. The number of sulfonamides is 1. The first-order chi connectivity index (χ1) is 17.1. The van der Waals surface area contributed by atoms with Crippen LogP contribution in [-0.2, 0) is 16.6 Å². The summed E-state index contributed by atoms with van der Waals surface area (Å²) >= 11 is 6.77. The van der Waals surface area contributed by atoms with Crippen LogP contribution >= 0.6 is 31.9 Å². The van der Waals surface area contributed by atoms with Crippen LogP contribution in [-0.4, -0.2) is 51.4 Å². The molecule has 0 aliphatic heterocycles. The zero-order chi connectivity index (χ0) is 25.9. The Morgan fingerprint density at radius 1 is 0.972 bits per heavy atom. The molecular weight excluding hydrogens is 612 g/mol. The van der Waals surface area contributed by atoms with Gasteiger partial charge in [-0.15, -0.1) is 0 Å². The van der Waals surface area contributed by atoms with Crippen LogP contribution in [0.5, 0.6) is 0 Å². The first kappa shape index (κ1) is 26.3. The van der Waals surface area contributed by atoms with Crippen LogP contribution in [0.2, 0.25) is 0 Å². The molecule has 0 spiro atoms. The SMILES string of the molecule is CN(C)CCNC(=O)c1nc2cc(N(Cc3ccc(Br)cc3)S(=O)(=O)c3ccc(Br)cc3)ccc2o1. The van der Waals surface area contributed by atoms with Crippen LogP contribution in [0, 0.1) is 0 Å². The number of hydrogen-bond acceptors (Lipinski definition) is 6. The van der Waals surface area contributed by atoms with Crippen molar-refractivity contribution in [3.8, 4) is 0 Å². The van der Waals surface area contributed by atoms with E-state index in [1.54, 1.807) is 42.5 Å². The second-order valence-corrected chi connectivity index (χ2v) is 12.0. The Bertz CT molecular complexity index is 1470. The molecule has 4 aromatic rings. The van der Waals surface area contributed by atoms with Gasteiger partial charge in [0.25, 0.3) is 15.9 Å². The zero-order valence-electron chi connectivity index (χ0n) is 19.6. The number of fused-ring (bicyclic) bond motifs is 1. The standard InChI is InChI=1S/C25H24Br2N4O4S/c1-30(2)14-13-28-24(32)25-29-22-15-20(9-12-23(22)35-25)31(16-17-3-5-18(26)6-4-17)36(33,34)21-10-7-19(27)8-11-21/h3-12,15H,13-14,16H2,1-2H3,(H,28,32). The highest BCUT2D eigenvalue weighted by Gasteiger charge is 2.26. The third-order valence-corrected chi connectivity index (χ3v) is 8.18. The third kappa shape index (κ3) is 6.15. The van der Waals surface area contributed by atoms with E-state index >= 15 is 0 Å². The molecule has 0 aliphatic rings. The van der Waals surface area contributed by atoms with Crippen molar-refractivity contribution in [2.75, 3.05) is 31.5 Å². The van der Waals surface area contributed by atoms with E-state index in [-0.39, 0.29) is 17.3 Å². The summed E-state index contributed by atoms with van der Waals surface area (Å²) in [6, 6.07) is 18.8. The van der Waals surface area contributed by atoms with Gasteiger partial charge >= 0.3 is 5.91 Å². The van der Waals surface area contributed by atoms with Gasteiger partial charge in [-0.3, -0.25) is 9.10 Å². The van der Waals surface area contributed by atoms with E-state index in [0.29, 0.717) is 29.9 Å². The molecule has 0 unspecified atom stereocenters. The minimum absolute atomic E-state index is 0.0730. The minimum Gasteiger partial charge on any atom is -0.432 e. The predicted molar refractivity (Wildman–Crippen MR) is 147 cm³/mol. The Labute approximate surface area is 226 Å². The molecule has 1 aromatic heterocycles. The van der Waals surface area contributed by atoms with E-state index < -0.39 is 15.9 Å². The van der Waals surface area contributed by atoms with E-state index in [1.165, 1.54) is 4.31 Å². The maximum Gasteiger partial charge on any atom is 0.307 e. The second-order valence-electron chi connectivity index (χ2n) is 8.32. The summed E-state index contributed by atoms with van der Waals surface area (Å²) in [4.78, 5) is 18.9. The number of nitrogens with one attached hydrogen (secondary N) is 1. The number of carbonyl (C=O) groups is 1. The van der Waals surface area contributed by atoms with Gasteiger partial charge in [-0.25, -0.2) is 13.4 Å². The molecule has 1 N–H and O–H groups in total. The smallest absolute Gasteiger partial charge is 0.307 e. The maximum absolute atomic E-state index is 13.7. The molecular formula is C25H24Br2N4O4S. The fourth-order valence-electron chi connectivity index (χ4n) is 3.44. The first-order valence-electron chi connectivity index (χ1n) is 11.0. The van der Waals surface area contributed by atoms with Crippen molar-refractivity contribution < 1.29 is 17.6 Å². The number of nitrogens with zero attached hydrogens (tertiary/aromatic N) is 3. The lowest BCUT2D eigenvalue weighted by Crippen LogP contribution is -2.31. The van der Waals surface area contributed by atoms with E-state index in [4.69, 9.17) is 4.42 Å². The van der Waals surface area contributed by atoms with Gasteiger partial charge in [-0.1, -0.05) is 44.0 Å². The number of anilines is 1. The summed E-state index contributed by atoms with van der Waals surface area (Å²) < 4.78 is 36.1. The normalized spacial score (nSPS) is 11.7. The van der Waals surface area contributed by atoms with Crippen molar-refractivity contribution in [3.63, 3.8) is 0 Å². The molecule has 3 aromatic carbocycles. The first-order valence-corrected chi connectivity index (χ1v) is 14.0. The topological polar surface area (TPSA) is 95.8 Å². The van der Waals surface area contributed by atoms with Crippen molar-refractivity contribution >= 4 is 64.6 Å². The molecule has 1 amide bonds. The Morgan fingerprint density at radius 3 is 2.25 bits per heavy atom. The van der Waals surface area contributed by atoms with Crippen LogP contribution in [0.4, 0.5) is 5.69 Å². The van der Waals surface area contributed by atoms with Crippen molar-refractivity contribution in [1.82, 2.24) is 15.2 Å². The molecule has 188 valence electrons. The summed E-state index contributed by atoms with van der Waals surface area (Å²) in [6.45, 7) is 1.23. The number of rotatable bonds is 9. The maximum atomic E-state index is 13.7. The number of aromatic nitrogens is 1. The fourth-order valence-corrected chi connectivity index (χ4v) is 5.41. The molecule has 8 nitrogen and oxygen atoms in total. The van der Waals surface area contributed by atoms with Gasteiger partial charge in [0.05, 0.1) is 17.1 Å². The summed E-state index contributed by atoms with van der Waals surface area (Å²) in [7, 11) is -0.0947. The predicted octanol–water partition coefficient (Wildman–Crippen LogP) is 5.04. The van der Waals surface area contributed by atoms with Gasteiger partial charge in [-0.05, 0) is 74.3 Å². The van der Waals surface area contributed by atoms with E-state index in [2.05, 4.69) is 42.2 Å². The monoisotopic (exact) mass is 634 g/mol. The molecule has 1 heterocycles. The lowest BCUT2D eigenvalue weighted by atomic mass is 10.2. The van der Waals surface area contributed by atoms with Crippen LogP contribution in [0.25, 0.3) is 11.1 Å². The molecule has 0 radical (unpaired) electrons. The number of hydrogen-bond donors (Lipinski definition) is 1. The number of oxazole rings is 1. The average molecular weight is 636 g/mol. The lowest BCUT2D eigenvalue weighted by Gasteiger charge is -2.25. The van der Waals surface area contributed by atoms with Crippen molar-refractivity contribution in [1.29, 1.82) is 0 Å². The molecule has 0 fully saturated rings. The minimum atomic E-state index is -3.92. The van der Waals surface area contributed by atoms with E-state index in [0.717, 1.165) is 14.5 Å². The molecule has 0 aliphatic carbocycles. The molecule has 0 saturated heterocycles. The number of likely N-dealkylation sites (N-methyl/N-ethyl adjacent to an activating group) is 1. The molecule has 0 saturated carbocycles. The Kier molecular flexibility index (Phi) is 8.13. The zero-order valence-corrected chi connectivity index (χ0v) is 23.6. The van der Waals surface area contributed by atoms with Crippen molar-refractivity contribution in [3.05, 3.63) is 87.1 Å². The van der Waals surface area contributed by atoms with Gasteiger partial charge in [0.15, 0.2) is 5.58 Å². The number of amides is 1. The highest BCUT2D eigenvalue weighted by Crippen LogP contribution is 2.30. The highest BCUT2D eigenvalue weighted by molar-refractivity contribution is 9.10. The summed E-state index contributed by atoms with van der Waals surface area (Å²) in [5.41, 5.74) is 1.99. The molecule has 4 rings (SSSR count). The van der Waals surface area contributed by atoms with Gasteiger partial charge in [0, 0.05) is 22.0 Å². The average Bonchev–Trinajstić information content (AvgIpc) is 3.27. The Morgan fingerprint density at radius 2 is 1.61 bits per heavy atom.